The number of aryl methyl sites for hydroxylation is 2. The van der Waals surface area contributed by atoms with Crippen molar-refractivity contribution in [3.05, 3.63) is 89.5 Å². The molecule has 0 fully saturated rings. The molecule has 0 aliphatic carbocycles. The van der Waals surface area contributed by atoms with Crippen LogP contribution in [-0.2, 0) is 14.8 Å². The monoisotopic (exact) mass is 436 g/mol. The van der Waals surface area contributed by atoms with Crippen molar-refractivity contribution in [3.63, 3.8) is 0 Å². The molecule has 6 heteroatoms. The van der Waals surface area contributed by atoms with Gasteiger partial charge in [-0.2, -0.15) is 0 Å². The largest absolute Gasteiger partial charge is 0.325 e. The molecule has 0 saturated carbocycles. The Balaban J connectivity index is 1.89. The van der Waals surface area contributed by atoms with E-state index in [2.05, 4.69) is 19.2 Å². The fraction of sp³-hybridized carbons (Fsp3) is 0.240. The van der Waals surface area contributed by atoms with Gasteiger partial charge in [0.2, 0.25) is 5.91 Å². The molecule has 162 valence electrons. The molecule has 3 aromatic rings. The molecule has 0 unspecified atom stereocenters. The maximum Gasteiger partial charge on any atom is 0.264 e. The van der Waals surface area contributed by atoms with Gasteiger partial charge in [-0.15, -0.1) is 0 Å². The van der Waals surface area contributed by atoms with Gasteiger partial charge in [-0.1, -0.05) is 55.8 Å². The van der Waals surface area contributed by atoms with E-state index in [9.17, 15) is 13.2 Å². The van der Waals surface area contributed by atoms with E-state index in [0.29, 0.717) is 17.3 Å². The highest BCUT2D eigenvalue weighted by atomic mass is 32.2. The third-order valence-corrected chi connectivity index (χ3v) is 6.84. The number of sulfonamides is 1. The quantitative estimate of drug-likeness (QED) is 0.549. The molecule has 0 spiro atoms. The van der Waals surface area contributed by atoms with Gasteiger partial charge in [0.1, 0.15) is 6.54 Å². The fourth-order valence-electron chi connectivity index (χ4n) is 3.22. The van der Waals surface area contributed by atoms with E-state index in [0.717, 1.165) is 15.4 Å². The molecule has 31 heavy (non-hydrogen) atoms. The number of hydrogen-bond acceptors (Lipinski definition) is 3. The van der Waals surface area contributed by atoms with Gasteiger partial charge in [-0.3, -0.25) is 9.10 Å². The van der Waals surface area contributed by atoms with E-state index in [1.54, 1.807) is 42.5 Å². The molecule has 0 heterocycles. The summed E-state index contributed by atoms with van der Waals surface area (Å²) < 4.78 is 28.0. The highest BCUT2D eigenvalue weighted by molar-refractivity contribution is 7.92. The van der Waals surface area contributed by atoms with Crippen LogP contribution in [0.5, 0.6) is 0 Å². The van der Waals surface area contributed by atoms with E-state index >= 15 is 0 Å². The zero-order chi connectivity index (χ0) is 22.6. The second-order valence-electron chi connectivity index (χ2n) is 7.99. The van der Waals surface area contributed by atoms with Crippen molar-refractivity contribution in [1.29, 1.82) is 0 Å². The van der Waals surface area contributed by atoms with Crippen molar-refractivity contribution in [2.45, 2.75) is 38.5 Å². The highest BCUT2D eigenvalue weighted by Crippen LogP contribution is 2.25. The molecule has 0 saturated heterocycles. The van der Waals surface area contributed by atoms with Crippen molar-refractivity contribution in [2.75, 3.05) is 16.2 Å². The molecule has 0 radical (unpaired) electrons. The van der Waals surface area contributed by atoms with Crippen LogP contribution in [0.15, 0.2) is 77.7 Å². The third kappa shape index (κ3) is 5.52. The van der Waals surface area contributed by atoms with Gasteiger partial charge < -0.3 is 5.32 Å². The standard InChI is InChI=1S/C25H28N2O3S/c1-18(2)21-10-12-22(13-11-21)26-25(28)17-27(23-7-5-6-20(4)16-23)31(29,30)24-14-8-19(3)9-15-24/h5-16,18H,17H2,1-4H3,(H,26,28). The van der Waals surface area contributed by atoms with Gasteiger partial charge in [-0.05, 0) is 67.3 Å². The van der Waals surface area contributed by atoms with Gasteiger partial charge in [0.05, 0.1) is 10.6 Å². The van der Waals surface area contributed by atoms with Crippen molar-refractivity contribution in [1.82, 2.24) is 0 Å². The second kappa shape index (κ2) is 9.35. The number of carbonyl (C=O) groups is 1. The summed E-state index contributed by atoms with van der Waals surface area (Å²) in [6.45, 7) is 7.65. The Kier molecular flexibility index (Phi) is 6.81. The summed E-state index contributed by atoms with van der Waals surface area (Å²) in [6, 6.07) is 21.3. The van der Waals surface area contributed by atoms with Gasteiger partial charge in [0.25, 0.3) is 10.0 Å². The number of amides is 1. The summed E-state index contributed by atoms with van der Waals surface area (Å²) >= 11 is 0. The Morgan fingerprint density at radius 3 is 2.13 bits per heavy atom. The van der Waals surface area contributed by atoms with Crippen LogP contribution in [0.4, 0.5) is 11.4 Å². The first-order chi connectivity index (χ1) is 14.7. The molecule has 0 atom stereocenters. The topological polar surface area (TPSA) is 66.5 Å². The molecule has 1 N–H and O–H groups in total. The lowest BCUT2D eigenvalue weighted by molar-refractivity contribution is -0.114. The average Bonchev–Trinajstić information content (AvgIpc) is 2.72. The molecule has 1 amide bonds. The number of hydrogen-bond donors (Lipinski definition) is 1. The Hall–Kier alpha value is -3.12. The minimum atomic E-state index is -3.92. The first kappa shape index (κ1) is 22.6. The van der Waals surface area contributed by atoms with Crippen LogP contribution in [-0.4, -0.2) is 20.9 Å². The first-order valence-electron chi connectivity index (χ1n) is 10.2. The van der Waals surface area contributed by atoms with E-state index in [-0.39, 0.29) is 11.4 Å². The minimum absolute atomic E-state index is 0.147. The third-order valence-electron chi connectivity index (χ3n) is 5.05. The van der Waals surface area contributed by atoms with Crippen LogP contribution in [0, 0.1) is 13.8 Å². The lowest BCUT2D eigenvalue weighted by atomic mass is 10.0. The second-order valence-corrected chi connectivity index (χ2v) is 9.85. The van der Waals surface area contributed by atoms with Gasteiger partial charge >= 0.3 is 0 Å². The molecule has 3 rings (SSSR count). The number of anilines is 2. The number of benzene rings is 3. The van der Waals surface area contributed by atoms with Crippen LogP contribution in [0.3, 0.4) is 0 Å². The minimum Gasteiger partial charge on any atom is -0.325 e. The lowest BCUT2D eigenvalue weighted by Crippen LogP contribution is -2.38. The first-order valence-corrected chi connectivity index (χ1v) is 11.7. The Labute approximate surface area is 184 Å². The van der Waals surface area contributed by atoms with Gasteiger partial charge in [0, 0.05) is 5.69 Å². The molecule has 3 aromatic carbocycles. The molecule has 0 bridgehead atoms. The average molecular weight is 437 g/mol. The maximum atomic E-state index is 13.4. The number of carbonyl (C=O) groups excluding carboxylic acids is 1. The van der Waals surface area contributed by atoms with E-state index in [1.165, 1.54) is 5.56 Å². The summed E-state index contributed by atoms with van der Waals surface area (Å²) in [5.74, 6) is -0.0179. The Morgan fingerprint density at radius 2 is 1.55 bits per heavy atom. The van der Waals surface area contributed by atoms with E-state index < -0.39 is 15.9 Å². The number of rotatable bonds is 7. The summed E-state index contributed by atoms with van der Waals surface area (Å²) in [5, 5.41) is 2.81. The van der Waals surface area contributed by atoms with Crippen molar-refractivity contribution < 1.29 is 13.2 Å². The fourth-order valence-corrected chi connectivity index (χ4v) is 4.63. The van der Waals surface area contributed by atoms with Crippen molar-refractivity contribution in [3.8, 4) is 0 Å². The van der Waals surface area contributed by atoms with E-state index in [1.807, 2.05) is 44.2 Å². The molecule has 5 nitrogen and oxygen atoms in total. The predicted octanol–water partition coefficient (Wildman–Crippen LogP) is 5.26. The maximum absolute atomic E-state index is 13.4. The van der Waals surface area contributed by atoms with Crippen LogP contribution in [0.1, 0.15) is 36.5 Å². The molecular weight excluding hydrogens is 408 g/mol. The van der Waals surface area contributed by atoms with Crippen molar-refractivity contribution in [2.24, 2.45) is 0 Å². The highest BCUT2D eigenvalue weighted by Gasteiger charge is 2.27. The summed E-state index contributed by atoms with van der Waals surface area (Å²) in [7, 11) is -3.92. The summed E-state index contributed by atoms with van der Waals surface area (Å²) in [6.07, 6.45) is 0. The summed E-state index contributed by atoms with van der Waals surface area (Å²) in [4.78, 5) is 13.0. The zero-order valence-electron chi connectivity index (χ0n) is 18.3. The SMILES string of the molecule is Cc1ccc(S(=O)(=O)N(CC(=O)Nc2ccc(C(C)C)cc2)c2cccc(C)c2)cc1. The normalized spacial score (nSPS) is 11.4. The smallest absolute Gasteiger partial charge is 0.264 e. The van der Waals surface area contributed by atoms with Crippen LogP contribution >= 0.6 is 0 Å². The van der Waals surface area contributed by atoms with Crippen LogP contribution < -0.4 is 9.62 Å². The van der Waals surface area contributed by atoms with Gasteiger partial charge in [-0.25, -0.2) is 8.42 Å². The predicted molar refractivity (Wildman–Crippen MR) is 126 cm³/mol. The van der Waals surface area contributed by atoms with Crippen molar-refractivity contribution >= 4 is 27.3 Å². The Morgan fingerprint density at radius 1 is 0.903 bits per heavy atom. The molecule has 0 aliphatic heterocycles. The molecular formula is C25H28N2O3S. The number of nitrogens with zero attached hydrogens (tertiary/aromatic N) is 1. The van der Waals surface area contributed by atoms with Crippen LogP contribution in [0.25, 0.3) is 0 Å². The zero-order valence-corrected chi connectivity index (χ0v) is 19.1. The van der Waals surface area contributed by atoms with Crippen LogP contribution in [0.2, 0.25) is 0 Å². The Bertz CT molecular complexity index is 1150. The van der Waals surface area contributed by atoms with E-state index in [4.69, 9.17) is 0 Å². The molecule has 0 aromatic heterocycles. The molecule has 0 aliphatic rings. The van der Waals surface area contributed by atoms with Gasteiger partial charge in [0.15, 0.2) is 0 Å². The lowest BCUT2D eigenvalue weighted by Gasteiger charge is -2.24. The summed E-state index contributed by atoms with van der Waals surface area (Å²) in [5.41, 5.74) is 4.12. The number of nitrogens with one attached hydrogen (secondary N) is 1.